The number of aliphatic hydroxyl groups excluding tert-OH is 1. The van der Waals surface area contributed by atoms with Gasteiger partial charge in [0, 0.05) is 25.7 Å². The zero-order valence-electron chi connectivity index (χ0n) is 59.9. The largest absolute Gasteiger partial charge is 0.472 e. The van der Waals surface area contributed by atoms with Crippen LogP contribution >= 0.6 is 15.6 Å². The van der Waals surface area contributed by atoms with E-state index in [9.17, 15) is 43.2 Å². The summed E-state index contributed by atoms with van der Waals surface area (Å²) in [6.07, 6.45) is 51.4. The molecule has 0 aromatic carbocycles. The van der Waals surface area contributed by atoms with Gasteiger partial charge >= 0.3 is 39.5 Å². The fourth-order valence-electron chi connectivity index (χ4n) is 11.1. The molecular formula is C73H142O17P2. The number of unbranched alkanes of at least 4 members (excludes halogenated alkanes) is 42. The lowest BCUT2D eigenvalue weighted by atomic mass is 10.0. The summed E-state index contributed by atoms with van der Waals surface area (Å²) in [5.41, 5.74) is 0. The zero-order chi connectivity index (χ0) is 67.9. The third kappa shape index (κ3) is 66.7. The lowest BCUT2D eigenvalue weighted by Gasteiger charge is -2.21. The summed E-state index contributed by atoms with van der Waals surface area (Å²) in [4.78, 5) is 72.6. The van der Waals surface area contributed by atoms with Crippen molar-refractivity contribution in [2.75, 3.05) is 39.6 Å². The Morgan fingerprint density at radius 2 is 0.500 bits per heavy atom. The highest BCUT2D eigenvalue weighted by Crippen LogP contribution is 2.45. The van der Waals surface area contributed by atoms with Gasteiger partial charge in [0.1, 0.15) is 19.3 Å². The SMILES string of the molecule is CCCCCCCCCCCCCCCCCC(=O)OC[C@H](COP(=O)(O)OC[C@@H](O)COP(=O)(O)OC[C@@H](COC(=O)CCCCCCCCCCC)OC(=O)CCCCCCCCCC(C)C)OC(=O)CCCCCCCCCCCCCCCCCC(C)C. The second-order valence-electron chi connectivity index (χ2n) is 27.3. The van der Waals surface area contributed by atoms with Gasteiger partial charge in [-0.15, -0.1) is 0 Å². The maximum absolute atomic E-state index is 13.1. The molecule has 17 nitrogen and oxygen atoms in total. The van der Waals surface area contributed by atoms with Crippen LogP contribution in [0.5, 0.6) is 0 Å². The number of rotatable bonds is 72. The molecule has 0 aliphatic heterocycles. The molecule has 0 saturated carbocycles. The van der Waals surface area contributed by atoms with Crippen LogP contribution in [0.15, 0.2) is 0 Å². The Hall–Kier alpha value is -1.94. The Morgan fingerprint density at radius 3 is 0.739 bits per heavy atom. The van der Waals surface area contributed by atoms with Crippen LogP contribution in [-0.2, 0) is 65.4 Å². The van der Waals surface area contributed by atoms with Crippen molar-refractivity contribution < 1.29 is 80.2 Å². The minimum absolute atomic E-state index is 0.104. The molecule has 0 spiro atoms. The highest BCUT2D eigenvalue weighted by atomic mass is 31.2. The van der Waals surface area contributed by atoms with Gasteiger partial charge in [0.05, 0.1) is 26.4 Å². The van der Waals surface area contributed by atoms with Gasteiger partial charge in [0.2, 0.25) is 0 Å². The molecule has 3 N–H and O–H groups in total. The Bertz CT molecular complexity index is 1790. The van der Waals surface area contributed by atoms with Crippen LogP contribution in [0.2, 0.25) is 0 Å². The third-order valence-corrected chi connectivity index (χ3v) is 18.9. The number of carbonyl (C=O) groups is 4. The predicted molar refractivity (Wildman–Crippen MR) is 372 cm³/mol. The predicted octanol–water partition coefficient (Wildman–Crippen LogP) is 21.2. The molecule has 0 saturated heterocycles. The molecule has 546 valence electrons. The third-order valence-electron chi connectivity index (χ3n) is 17.0. The fourth-order valence-corrected chi connectivity index (χ4v) is 12.7. The Morgan fingerprint density at radius 1 is 0.293 bits per heavy atom. The van der Waals surface area contributed by atoms with Gasteiger partial charge in [-0.05, 0) is 37.5 Å². The average molecular weight is 1350 g/mol. The molecule has 2 unspecified atom stereocenters. The number of phosphoric ester groups is 2. The van der Waals surface area contributed by atoms with Crippen molar-refractivity contribution in [3.8, 4) is 0 Å². The minimum Gasteiger partial charge on any atom is -0.462 e. The van der Waals surface area contributed by atoms with E-state index in [2.05, 4.69) is 41.5 Å². The molecule has 19 heteroatoms. The van der Waals surface area contributed by atoms with Crippen molar-refractivity contribution >= 4 is 39.5 Å². The van der Waals surface area contributed by atoms with Crippen LogP contribution in [0.4, 0.5) is 0 Å². The van der Waals surface area contributed by atoms with Gasteiger partial charge < -0.3 is 33.8 Å². The molecule has 0 rings (SSSR count). The normalized spacial score (nSPS) is 14.1. The second kappa shape index (κ2) is 65.0. The van der Waals surface area contributed by atoms with Crippen molar-refractivity contribution in [1.82, 2.24) is 0 Å². The van der Waals surface area contributed by atoms with Gasteiger partial charge in [0.25, 0.3) is 0 Å². The van der Waals surface area contributed by atoms with Crippen LogP contribution in [0.1, 0.15) is 375 Å². The van der Waals surface area contributed by atoms with E-state index in [0.29, 0.717) is 31.6 Å². The van der Waals surface area contributed by atoms with Crippen molar-refractivity contribution in [2.24, 2.45) is 11.8 Å². The van der Waals surface area contributed by atoms with E-state index in [4.69, 9.17) is 37.0 Å². The second-order valence-corrected chi connectivity index (χ2v) is 30.2. The first-order chi connectivity index (χ1) is 44.4. The lowest BCUT2D eigenvalue weighted by Crippen LogP contribution is -2.30. The molecule has 0 fully saturated rings. The van der Waals surface area contributed by atoms with E-state index < -0.39 is 97.5 Å². The van der Waals surface area contributed by atoms with Crippen LogP contribution in [-0.4, -0.2) is 96.7 Å². The summed E-state index contributed by atoms with van der Waals surface area (Å²) < 4.78 is 68.3. The summed E-state index contributed by atoms with van der Waals surface area (Å²) in [6, 6.07) is 0. The standard InChI is InChI=1S/C73H142O17P2/c1-7-9-11-13-15-17-18-19-21-25-28-32-38-44-50-56-71(76)84-61-68(89-72(77)57-51-45-39-33-29-26-23-20-22-24-27-31-35-41-47-53-65(3)4)63-87-91(79,80)85-59-67(74)60-86-92(81,82)88-64-69(62-83-70(75)55-49-43-37-30-16-14-12-10-8-2)90-73(78)58-52-46-40-34-36-42-48-54-66(5)6/h65-69,74H,7-64H2,1-6H3,(H,79,80)(H,81,82)/t67-,68-,69-/m1/s1. The molecule has 0 amide bonds. The summed E-state index contributed by atoms with van der Waals surface area (Å²) in [7, 11) is -9.90. The fraction of sp³-hybridized carbons (Fsp3) is 0.945. The van der Waals surface area contributed by atoms with Crippen molar-refractivity contribution in [3.05, 3.63) is 0 Å². The van der Waals surface area contributed by atoms with Crippen molar-refractivity contribution in [1.29, 1.82) is 0 Å². The Balaban J connectivity index is 5.21. The smallest absolute Gasteiger partial charge is 0.462 e. The molecule has 0 aromatic rings. The molecule has 0 aliphatic rings. The Kier molecular flexibility index (Phi) is 63.7. The van der Waals surface area contributed by atoms with Crippen molar-refractivity contribution in [2.45, 2.75) is 394 Å². The monoisotopic (exact) mass is 1350 g/mol. The van der Waals surface area contributed by atoms with Gasteiger partial charge in [-0.1, -0.05) is 324 Å². The van der Waals surface area contributed by atoms with Crippen LogP contribution in [0, 0.1) is 11.8 Å². The maximum Gasteiger partial charge on any atom is 0.472 e. The van der Waals surface area contributed by atoms with Crippen LogP contribution < -0.4 is 0 Å². The molecule has 5 atom stereocenters. The molecule has 0 radical (unpaired) electrons. The number of hydrogen-bond donors (Lipinski definition) is 3. The highest BCUT2D eigenvalue weighted by Gasteiger charge is 2.30. The minimum atomic E-state index is -4.95. The molecule has 0 bridgehead atoms. The number of esters is 4. The summed E-state index contributed by atoms with van der Waals surface area (Å²) in [6.45, 7) is 9.52. The van der Waals surface area contributed by atoms with E-state index in [1.165, 1.54) is 193 Å². The molecule has 0 aromatic heterocycles. The maximum atomic E-state index is 13.1. The first-order valence-electron chi connectivity index (χ1n) is 38.0. The van der Waals surface area contributed by atoms with Crippen LogP contribution in [0.3, 0.4) is 0 Å². The number of carbonyl (C=O) groups excluding carboxylic acids is 4. The lowest BCUT2D eigenvalue weighted by molar-refractivity contribution is -0.161. The van der Waals surface area contributed by atoms with E-state index in [1.807, 2.05) is 0 Å². The van der Waals surface area contributed by atoms with E-state index >= 15 is 0 Å². The first kappa shape index (κ1) is 90.1. The first-order valence-corrected chi connectivity index (χ1v) is 41.0. The topological polar surface area (TPSA) is 237 Å². The van der Waals surface area contributed by atoms with Gasteiger partial charge in [-0.25, -0.2) is 9.13 Å². The molecule has 0 aliphatic carbocycles. The van der Waals surface area contributed by atoms with Gasteiger partial charge in [-0.2, -0.15) is 0 Å². The Labute approximate surface area is 562 Å². The summed E-state index contributed by atoms with van der Waals surface area (Å²) in [5.74, 6) is -0.624. The molecule has 0 heterocycles. The molecule has 92 heavy (non-hydrogen) atoms. The average Bonchev–Trinajstić information content (AvgIpc) is 1.88. The summed E-state index contributed by atoms with van der Waals surface area (Å²) in [5, 5.41) is 10.6. The highest BCUT2D eigenvalue weighted by molar-refractivity contribution is 7.47. The van der Waals surface area contributed by atoms with Gasteiger partial charge in [-0.3, -0.25) is 37.3 Å². The van der Waals surface area contributed by atoms with Gasteiger partial charge in [0.15, 0.2) is 12.2 Å². The summed E-state index contributed by atoms with van der Waals surface area (Å²) >= 11 is 0. The van der Waals surface area contributed by atoms with Crippen molar-refractivity contribution in [3.63, 3.8) is 0 Å². The number of aliphatic hydroxyl groups is 1. The number of hydrogen-bond acceptors (Lipinski definition) is 15. The van der Waals surface area contributed by atoms with E-state index in [1.54, 1.807) is 0 Å². The number of ether oxygens (including phenoxy) is 4. The van der Waals surface area contributed by atoms with E-state index in [0.717, 1.165) is 95.8 Å². The zero-order valence-corrected chi connectivity index (χ0v) is 61.6. The van der Waals surface area contributed by atoms with E-state index in [-0.39, 0.29) is 25.7 Å². The number of phosphoric acid groups is 2. The molecular weight excluding hydrogens is 1210 g/mol. The van der Waals surface area contributed by atoms with Crippen LogP contribution in [0.25, 0.3) is 0 Å². The quantitative estimate of drug-likeness (QED) is 0.0222.